The fourth-order valence-corrected chi connectivity index (χ4v) is 2.64. The normalized spacial score (nSPS) is 10.7. The number of hydrogen-bond donors (Lipinski definition) is 1. The summed E-state index contributed by atoms with van der Waals surface area (Å²) in [5.41, 5.74) is 3.50. The smallest absolute Gasteiger partial charge is 0.336 e. The first-order valence-corrected chi connectivity index (χ1v) is 7.39. The van der Waals surface area contributed by atoms with Crippen LogP contribution in [0.15, 0.2) is 12.1 Å². The number of unbranched alkanes of at least 4 members (excludes halogenated alkanes) is 5. The lowest BCUT2D eigenvalue weighted by atomic mass is 9.96. The molecule has 0 atom stereocenters. The van der Waals surface area contributed by atoms with E-state index < -0.39 is 5.97 Å². The lowest BCUT2D eigenvalue weighted by Crippen LogP contribution is -2.04. The van der Waals surface area contributed by atoms with Crippen molar-refractivity contribution in [3.63, 3.8) is 0 Å². The van der Waals surface area contributed by atoms with Crippen molar-refractivity contribution >= 4 is 5.97 Å². The number of carboxylic acids is 1. The summed E-state index contributed by atoms with van der Waals surface area (Å²) in [7, 11) is 0. The molecule has 0 radical (unpaired) electrons. The first-order valence-electron chi connectivity index (χ1n) is 7.39. The maximum Gasteiger partial charge on any atom is 0.336 e. The molecule has 0 spiro atoms. The number of aryl methyl sites for hydroxylation is 3. The Labute approximate surface area is 116 Å². The van der Waals surface area contributed by atoms with Gasteiger partial charge in [0, 0.05) is 0 Å². The van der Waals surface area contributed by atoms with Gasteiger partial charge in [0.1, 0.15) is 0 Å². The predicted octanol–water partition coefficient (Wildman–Crippen LogP) is 4.90. The second kappa shape index (κ2) is 7.98. The summed E-state index contributed by atoms with van der Waals surface area (Å²) in [5.74, 6) is -0.818. The molecular formula is C17H26O2. The van der Waals surface area contributed by atoms with Crippen molar-refractivity contribution in [1.29, 1.82) is 0 Å². The van der Waals surface area contributed by atoms with Crippen LogP contribution in [0.2, 0.25) is 0 Å². The second-order valence-corrected chi connectivity index (χ2v) is 5.43. The lowest BCUT2D eigenvalue weighted by molar-refractivity contribution is 0.0695. The van der Waals surface area contributed by atoms with E-state index in [0.29, 0.717) is 5.56 Å². The molecule has 0 saturated carbocycles. The summed E-state index contributed by atoms with van der Waals surface area (Å²) in [4.78, 5) is 11.1. The molecule has 2 heteroatoms. The van der Waals surface area contributed by atoms with Crippen LogP contribution in [0.1, 0.15) is 72.5 Å². The second-order valence-electron chi connectivity index (χ2n) is 5.43. The van der Waals surface area contributed by atoms with Crippen molar-refractivity contribution in [3.05, 3.63) is 34.4 Å². The number of carboxylic acid groups (broad SMARTS) is 1. The van der Waals surface area contributed by atoms with E-state index in [2.05, 4.69) is 6.92 Å². The molecule has 1 N–H and O–H groups in total. The van der Waals surface area contributed by atoms with Gasteiger partial charge in [-0.25, -0.2) is 4.79 Å². The van der Waals surface area contributed by atoms with Crippen molar-refractivity contribution in [1.82, 2.24) is 0 Å². The van der Waals surface area contributed by atoms with Crippen LogP contribution >= 0.6 is 0 Å². The average Bonchev–Trinajstić information content (AvgIpc) is 2.32. The highest BCUT2D eigenvalue weighted by molar-refractivity contribution is 5.91. The molecule has 0 amide bonds. The van der Waals surface area contributed by atoms with E-state index in [1.54, 1.807) is 0 Å². The molecule has 0 aliphatic heterocycles. The largest absolute Gasteiger partial charge is 0.478 e. The van der Waals surface area contributed by atoms with E-state index in [9.17, 15) is 4.79 Å². The Bertz CT molecular complexity index is 398. The number of hydrogen-bond acceptors (Lipinski definition) is 1. The van der Waals surface area contributed by atoms with Crippen LogP contribution in [-0.4, -0.2) is 11.1 Å². The van der Waals surface area contributed by atoms with Crippen molar-refractivity contribution < 1.29 is 9.90 Å². The summed E-state index contributed by atoms with van der Waals surface area (Å²) in [6, 6.07) is 4.06. The number of benzene rings is 1. The van der Waals surface area contributed by atoms with Crippen LogP contribution < -0.4 is 0 Å². The first kappa shape index (κ1) is 15.7. The Kier molecular flexibility index (Phi) is 6.61. The molecule has 0 aliphatic carbocycles. The van der Waals surface area contributed by atoms with Crippen LogP contribution in [0.3, 0.4) is 0 Å². The van der Waals surface area contributed by atoms with Crippen molar-refractivity contribution in [3.8, 4) is 0 Å². The van der Waals surface area contributed by atoms with Gasteiger partial charge in [0.15, 0.2) is 0 Å². The zero-order chi connectivity index (χ0) is 14.3. The zero-order valence-electron chi connectivity index (χ0n) is 12.5. The Morgan fingerprint density at radius 3 is 2.05 bits per heavy atom. The molecule has 0 aliphatic rings. The van der Waals surface area contributed by atoms with E-state index in [1.165, 1.54) is 44.1 Å². The van der Waals surface area contributed by atoms with E-state index in [1.807, 2.05) is 26.0 Å². The predicted molar refractivity (Wildman–Crippen MR) is 80.0 cm³/mol. The molecule has 1 aromatic rings. The van der Waals surface area contributed by atoms with Gasteiger partial charge in [-0.2, -0.15) is 0 Å². The number of carbonyl (C=O) groups is 1. The standard InChI is InChI=1S/C17H26O2/c1-4-5-6-7-8-9-10-15-11-13(2)16(17(18)19)14(3)12-15/h11-12H,4-10H2,1-3H3,(H,18,19). The van der Waals surface area contributed by atoms with Gasteiger partial charge in [-0.3, -0.25) is 0 Å². The molecule has 0 bridgehead atoms. The fourth-order valence-electron chi connectivity index (χ4n) is 2.64. The third kappa shape index (κ3) is 5.06. The third-order valence-corrected chi connectivity index (χ3v) is 3.63. The highest BCUT2D eigenvalue weighted by atomic mass is 16.4. The Morgan fingerprint density at radius 2 is 1.53 bits per heavy atom. The van der Waals surface area contributed by atoms with Gasteiger partial charge in [0.2, 0.25) is 0 Å². The molecular weight excluding hydrogens is 236 g/mol. The quantitative estimate of drug-likeness (QED) is 0.676. The molecule has 0 saturated heterocycles. The summed E-state index contributed by atoms with van der Waals surface area (Å²) in [6.07, 6.45) is 8.83. The molecule has 1 aromatic carbocycles. The van der Waals surface area contributed by atoms with Gasteiger partial charge in [0.25, 0.3) is 0 Å². The summed E-state index contributed by atoms with van der Waals surface area (Å²) >= 11 is 0. The van der Waals surface area contributed by atoms with Gasteiger partial charge in [-0.05, 0) is 43.4 Å². The Hall–Kier alpha value is -1.31. The molecule has 19 heavy (non-hydrogen) atoms. The first-order chi connectivity index (χ1) is 9.06. The van der Waals surface area contributed by atoms with Crippen molar-refractivity contribution in [2.45, 2.75) is 65.7 Å². The molecule has 0 aromatic heterocycles. The number of aromatic carboxylic acids is 1. The van der Waals surface area contributed by atoms with E-state index in [0.717, 1.165) is 17.5 Å². The Morgan fingerprint density at radius 1 is 1.00 bits per heavy atom. The maximum absolute atomic E-state index is 11.1. The third-order valence-electron chi connectivity index (χ3n) is 3.63. The molecule has 0 heterocycles. The topological polar surface area (TPSA) is 37.3 Å². The fraction of sp³-hybridized carbons (Fsp3) is 0.588. The van der Waals surface area contributed by atoms with Crippen molar-refractivity contribution in [2.75, 3.05) is 0 Å². The molecule has 1 rings (SSSR count). The van der Waals surface area contributed by atoms with Gasteiger partial charge in [-0.15, -0.1) is 0 Å². The van der Waals surface area contributed by atoms with E-state index >= 15 is 0 Å². The zero-order valence-corrected chi connectivity index (χ0v) is 12.5. The minimum atomic E-state index is -0.818. The molecule has 106 valence electrons. The average molecular weight is 262 g/mol. The van der Waals surface area contributed by atoms with Crippen molar-refractivity contribution in [2.24, 2.45) is 0 Å². The minimum Gasteiger partial charge on any atom is -0.478 e. The van der Waals surface area contributed by atoms with Crippen LogP contribution in [0.5, 0.6) is 0 Å². The highest BCUT2D eigenvalue weighted by Gasteiger charge is 2.11. The SMILES string of the molecule is CCCCCCCCc1cc(C)c(C(=O)O)c(C)c1. The van der Waals surface area contributed by atoms with Crippen LogP contribution in [-0.2, 0) is 6.42 Å². The van der Waals surface area contributed by atoms with E-state index in [-0.39, 0.29) is 0 Å². The van der Waals surface area contributed by atoms with Crippen LogP contribution in [0, 0.1) is 13.8 Å². The van der Waals surface area contributed by atoms with Gasteiger partial charge < -0.3 is 5.11 Å². The summed E-state index contributed by atoms with van der Waals surface area (Å²) in [5, 5.41) is 9.13. The summed E-state index contributed by atoms with van der Waals surface area (Å²) < 4.78 is 0. The van der Waals surface area contributed by atoms with Gasteiger partial charge in [0.05, 0.1) is 5.56 Å². The summed E-state index contributed by atoms with van der Waals surface area (Å²) in [6.45, 7) is 6.01. The van der Waals surface area contributed by atoms with Gasteiger partial charge in [-0.1, -0.05) is 51.2 Å². The minimum absolute atomic E-state index is 0.465. The highest BCUT2D eigenvalue weighted by Crippen LogP contribution is 2.18. The monoisotopic (exact) mass is 262 g/mol. The van der Waals surface area contributed by atoms with Gasteiger partial charge >= 0.3 is 5.97 Å². The van der Waals surface area contributed by atoms with Crippen LogP contribution in [0.25, 0.3) is 0 Å². The van der Waals surface area contributed by atoms with Crippen LogP contribution in [0.4, 0.5) is 0 Å². The molecule has 2 nitrogen and oxygen atoms in total. The maximum atomic E-state index is 11.1. The molecule has 0 unspecified atom stereocenters. The lowest BCUT2D eigenvalue weighted by Gasteiger charge is -2.09. The van der Waals surface area contributed by atoms with E-state index in [4.69, 9.17) is 5.11 Å². The number of rotatable bonds is 8. The molecule has 0 fully saturated rings. The Balaban J connectivity index is 2.49.